The van der Waals surface area contributed by atoms with E-state index in [9.17, 15) is 19.5 Å². The van der Waals surface area contributed by atoms with Gasteiger partial charge in [0, 0.05) is 48.2 Å². The van der Waals surface area contributed by atoms with Crippen LogP contribution < -0.4 is 10.7 Å². The van der Waals surface area contributed by atoms with Crippen molar-refractivity contribution >= 4 is 34.4 Å². The summed E-state index contributed by atoms with van der Waals surface area (Å²) in [6, 6.07) is 17.0. The average molecular weight is 414 g/mol. The zero-order valence-electron chi connectivity index (χ0n) is 16.8. The molecule has 1 aliphatic carbocycles. The van der Waals surface area contributed by atoms with Crippen LogP contribution in [0.3, 0.4) is 0 Å². The van der Waals surface area contributed by atoms with Gasteiger partial charge in [0.05, 0.1) is 10.9 Å². The Hall–Kier alpha value is -4.26. The molecule has 0 atom stereocenters. The Balaban J connectivity index is 2.12. The van der Waals surface area contributed by atoms with Gasteiger partial charge in [0.2, 0.25) is 11.8 Å². The highest BCUT2D eigenvalue weighted by molar-refractivity contribution is 6.08. The van der Waals surface area contributed by atoms with Gasteiger partial charge in [0.15, 0.2) is 0 Å². The van der Waals surface area contributed by atoms with Gasteiger partial charge in [-0.2, -0.15) is 0 Å². The molecule has 2 aromatic carbocycles. The number of fused-ring (bicyclic) bond motifs is 2. The number of carbonyl (C=O) groups excluding carboxylic acids is 2. The molecule has 2 N–H and O–H groups in total. The number of benzene rings is 3. The van der Waals surface area contributed by atoms with E-state index in [1.807, 2.05) is 0 Å². The van der Waals surface area contributed by atoms with Crippen LogP contribution in [0.2, 0.25) is 0 Å². The first-order chi connectivity index (χ1) is 14.8. The summed E-state index contributed by atoms with van der Waals surface area (Å²) in [5, 5.41) is 13.6. The number of hydrogen-bond acceptors (Lipinski definition) is 4. The number of amides is 2. The Morgan fingerprint density at radius 1 is 0.935 bits per heavy atom. The normalized spacial score (nSPS) is 11.6. The van der Waals surface area contributed by atoms with Crippen LogP contribution in [0.25, 0.3) is 33.4 Å². The first kappa shape index (κ1) is 20.0. The van der Waals surface area contributed by atoms with Crippen molar-refractivity contribution in [3.8, 4) is 22.5 Å². The van der Waals surface area contributed by atoms with Crippen LogP contribution in [0.4, 0.5) is 5.69 Å². The van der Waals surface area contributed by atoms with Crippen molar-refractivity contribution in [3.63, 3.8) is 0 Å². The standard InChI is InChI=1S/C24H18N2O5/c1-13(27)25-15-7-9-19-21(11-15)31-22-12-16(26-14(2)28)8-10-20(22)23(19)17-5-3-4-6-18(17)24(29)30/h3-12H,1-2H3,(H,25,27)(H,29,30). The fourth-order valence-corrected chi connectivity index (χ4v) is 3.59. The number of carboxylic acids is 1. The Kier molecular flexibility index (Phi) is 5.09. The second kappa shape index (κ2) is 7.87. The van der Waals surface area contributed by atoms with E-state index in [-0.39, 0.29) is 17.4 Å². The van der Waals surface area contributed by atoms with Gasteiger partial charge in [-0.25, -0.2) is 9.79 Å². The van der Waals surface area contributed by atoms with E-state index in [2.05, 4.69) is 10.3 Å². The summed E-state index contributed by atoms with van der Waals surface area (Å²) in [5.74, 6) is -1.18. The maximum Gasteiger partial charge on any atom is 0.336 e. The van der Waals surface area contributed by atoms with Crippen molar-refractivity contribution in [2.45, 2.75) is 13.8 Å². The Morgan fingerprint density at radius 2 is 1.71 bits per heavy atom. The fraction of sp³-hybridized carbons (Fsp3) is 0.0833. The number of nitrogens with one attached hydrogen (secondary N) is 1. The number of carbonyl (C=O) groups is 3. The molecule has 7 nitrogen and oxygen atoms in total. The Morgan fingerprint density at radius 3 is 2.42 bits per heavy atom. The quantitative estimate of drug-likeness (QED) is 0.486. The number of hydrogen-bond donors (Lipinski definition) is 2. The predicted octanol–water partition coefficient (Wildman–Crippen LogP) is 4.31. The number of carboxylic acid groups (broad SMARTS) is 1. The number of nitrogens with zero attached hydrogens (tertiary/aromatic N) is 1. The lowest BCUT2D eigenvalue weighted by Gasteiger charge is -2.17. The molecule has 0 saturated heterocycles. The van der Waals surface area contributed by atoms with Crippen LogP contribution >= 0.6 is 0 Å². The molecule has 2 amide bonds. The third-order valence-corrected chi connectivity index (χ3v) is 4.74. The summed E-state index contributed by atoms with van der Waals surface area (Å²) in [6.07, 6.45) is 0. The van der Waals surface area contributed by atoms with Gasteiger partial charge in [-0.05, 0) is 35.9 Å². The van der Waals surface area contributed by atoms with Crippen LogP contribution in [0.1, 0.15) is 24.2 Å². The van der Waals surface area contributed by atoms with Gasteiger partial charge in [-0.1, -0.05) is 18.2 Å². The van der Waals surface area contributed by atoms with Crippen molar-refractivity contribution in [1.29, 1.82) is 0 Å². The number of rotatable bonds is 3. The third-order valence-electron chi connectivity index (χ3n) is 4.74. The Bertz CT molecular complexity index is 1400. The lowest BCUT2D eigenvalue weighted by molar-refractivity contribution is -0.116. The lowest BCUT2D eigenvalue weighted by Crippen LogP contribution is -2.07. The largest absolute Gasteiger partial charge is 0.478 e. The van der Waals surface area contributed by atoms with Crippen LogP contribution in [0.15, 0.2) is 70.1 Å². The maximum absolute atomic E-state index is 11.9. The molecule has 4 rings (SSSR count). The first-order valence-corrected chi connectivity index (χ1v) is 9.49. The summed E-state index contributed by atoms with van der Waals surface area (Å²) in [6.45, 7) is 2.77. The highest BCUT2D eigenvalue weighted by Crippen LogP contribution is 2.41. The number of anilines is 1. The van der Waals surface area contributed by atoms with Gasteiger partial charge in [0.1, 0.15) is 11.3 Å². The van der Waals surface area contributed by atoms with E-state index >= 15 is 0 Å². The second-order valence-corrected chi connectivity index (χ2v) is 7.03. The molecule has 0 saturated carbocycles. The van der Waals surface area contributed by atoms with Crippen molar-refractivity contribution in [2.75, 3.05) is 5.32 Å². The average Bonchev–Trinajstić information content (AvgIpc) is 2.71. The van der Waals surface area contributed by atoms with E-state index in [0.717, 1.165) is 0 Å². The molecule has 154 valence electrons. The molecule has 0 aromatic heterocycles. The minimum absolute atomic E-state index is 0.153. The summed E-state index contributed by atoms with van der Waals surface area (Å²) in [7, 11) is 0. The predicted molar refractivity (Wildman–Crippen MR) is 116 cm³/mol. The smallest absolute Gasteiger partial charge is 0.336 e. The molecule has 2 aromatic rings. The SMILES string of the molecule is CC(=O)N=c1ccc2c(-c3ccccc3C(=O)O)c3ccc(NC(C)=O)cc3oc-2c1. The molecule has 0 spiro atoms. The highest BCUT2D eigenvalue weighted by Gasteiger charge is 2.21. The molecule has 1 aliphatic heterocycles. The fourth-order valence-electron chi connectivity index (χ4n) is 3.59. The van der Waals surface area contributed by atoms with E-state index in [0.29, 0.717) is 44.5 Å². The van der Waals surface area contributed by atoms with Gasteiger partial charge in [0.25, 0.3) is 0 Å². The van der Waals surface area contributed by atoms with Gasteiger partial charge < -0.3 is 14.8 Å². The lowest BCUT2D eigenvalue weighted by atomic mass is 9.90. The second-order valence-electron chi connectivity index (χ2n) is 7.03. The topological polar surface area (TPSA) is 109 Å². The van der Waals surface area contributed by atoms with E-state index < -0.39 is 5.97 Å². The van der Waals surface area contributed by atoms with Crippen LogP contribution in [-0.2, 0) is 9.59 Å². The maximum atomic E-state index is 11.9. The van der Waals surface area contributed by atoms with Crippen molar-refractivity contribution in [1.82, 2.24) is 0 Å². The number of aromatic carboxylic acids is 1. The van der Waals surface area contributed by atoms with Gasteiger partial charge in [-0.15, -0.1) is 0 Å². The molecule has 0 fully saturated rings. The monoisotopic (exact) mass is 414 g/mol. The summed E-state index contributed by atoms with van der Waals surface area (Å²) < 4.78 is 6.08. The minimum atomic E-state index is -1.05. The third kappa shape index (κ3) is 3.93. The summed E-state index contributed by atoms with van der Waals surface area (Å²) in [5.41, 5.74) is 3.04. The Labute approximate surface area is 177 Å². The molecule has 7 heteroatoms. The molecule has 0 unspecified atom stereocenters. The summed E-state index contributed by atoms with van der Waals surface area (Å²) in [4.78, 5) is 38.7. The van der Waals surface area contributed by atoms with E-state index in [1.165, 1.54) is 13.8 Å². The van der Waals surface area contributed by atoms with Crippen LogP contribution in [0, 0.1) is 0 Å². The van der Waals surface area contributed by atoms with Crippen molar-refractivity contribution in [3.05, 3.63) is 71.6 Å². The molecule has 2 aliphatic rings. The van der Waals surface area contributed by atoms with E-state index in [4.69, 9.17) is 4.42 Å². The zero-order chi connectivity index (χ0) is 22.1. The molecular weight excluding hydrogens is 396 g/mol. The van der Waals surface area contributed by atoms with Crippen molar-refractivity contribution in [2.24, 2.45) is 4.99 Å². The highest BCUT2D eigenvalue weighted by atomic mass is 16.4. The van der Waals surface area contributed by atoms with Crippen LogP contribution in [0.5, 0.6) is 0 Å². The summed E-state index contributed by atoms with van der Waals surface area (Å²) >= 11 is 0. The zero-order valence-corrected chi connectivity index (χ0v) is 16.8. The van der Waals surface area contributed by atoms with Gasteiger partial charge in [-0.3, -0.25) is 9.59 Å². The van der Waals surface area contributed by atoms with Crippen molar-refractivity contribution < 1.29 is 23.9 Å². The minimum Gasteiger partial charge on any atom is -0.478 e. The van der Waals surface area contributed by atoms with Crippen LogP contribution in [-0.4, -0.2) is 22.9 Å². The molecular formula is C24H18N2O5. The molecule has 0 bridgehead atoms. The molecule has 1 heterocycles. The first-order valence-electron chi connectivity index (χ1n) is 9.49. The van der Waals surface area contributed by atoms with E-state index in [1.54, 1.807) is 60.7 Å². The molecule has 0 radical (unpaired) electrons. The molecule has 31 heavy (non-hydrogen) atoms. The van der Waals surface area contributed by atoms with Gasteiger partial charge >= 0.3 is 5.97 Å².